The number of halogens is 1. The van der Waals surface area contributed by atoms with Crippen LogP contribution in [-0.2, 0) is 27.3 Å². The summed E-state index contributed by atoms with van der Waals surface area (Å²) in [4.78, 5) is 40.5. The number of nitrogens with zero attached hydrogens (tertiary/aromatic N) is 5. The second-order valence-corrected chi connectivity index (χ2v) is 11.8. The molecule has 10 nitrogen and oxygen atoms in total. The minimum absolute atomic E-state index is 0.0742. The third-order valence-corrected chi connectivity index (χ3v) is 8.99. The van der Waals surface area contributed by atoms with Gasteiger partial charge in [0.25, 0.3) is 0 Å². The highest BCUT2D eigenvalue weighted by Gasteiger charge is 2.31. The van der Waals surface area contributed by atoms with E-state index >= 15 is 0 Å². The van der Waals surface area contributed by atoms with Crippen molar-refractivity contribution in [3.8, 4) is 6.01 Å². The van der Waals surface area contributed by atoms with E-state index in [2.05, 4.69) is 56.1 Å². The molecule has 2 aromatic carbocycles. The standard InChI is InChI=1S/C32H37ClN6O4/c1-37-15-5-8-23(37)20-43-32-35-26-19-38(27-10-4-7-21-6-3-9-25(33)30(21)27)17-14-24(26)31(36-32)39-16-13-22(18-39)34-28(40)11-12-29(41)42-2/h3-4,6-7,9-12,22-23H,5,8,13-20H2,1-2H3,(H,34,40)/b12-11+/t22?,23-/m0/s1. The van der Waals surface area contributed by atoms with E-state index < -0.39 is 5.97 Å². The van der Waals surface area contributed by atoms with E-state index in [1.807, 2.05) is 12.1 Å². The first kappa shape index (κ1) is 29.2. The molecule has 3 aliphatic rings. The monoisotopic (exact) mass is 604 g/mol. The predicted molar refractivity (Wildman–Crippen MR) is 167 cm³/mol. The van der Waals surface area contributed by atoms with Crippen molar-refractivity contribution >= 4 is 45.8 Å². The van der Waals surface area contributed by atoms with Gasteiger partial charge in [-0.15, -0.1) is 0 Å². The zero-order valence-electron chi connectivity index (χ0n) is 24.6. The Morgan fingerprint density at radius 2 is 1.91 bits per heavy atom. The van der Waals surface area contributed by atoms with Crippen LogP contribution in [0.3, 0.4) is 0 Å². The van der Waals surface area contributed by atoms with Gasteiger partial charge in [0.05, 0.1) is 24.4 Å². The van der Waals surface area contributed by atoms with E-state index in [-0.39, 0.29) is 11.9 Å². The summed E-state index contributed by atoms with van der Waals surface area (Å²) in [6.07, 6.45) is 6.14. The molecule has 3 aliphatic heterocycles. The molecular weight excluding hydrogens is 568 g/mol. The molecule has 1 aromatic heterocycles. The number of carbonyl (C=O) groups excluding carboxylic acids is 2. The van der Waals surface area contributed by atoms with Crippen LogP contribution in [0.15, 0.2) is 48.6 Å². The van der Waals surface area contributed by atoms with E-state index in [9.17, 15) is 9.59 Å². The SMILES string of the molecule is COC(=O)/C=C/C(=O)NC1CCN(c2nc(OC[C@@H]3CCCN3C)nc3c2CCN(c2cccc4cccc(Cl)c24)C3)C1. The molecule has 1 amide bonds. The third kappa shape index (κ3) is 6.40. The molecule has 2 saturated heterocycles. The minimum Gasteiger partial charge on any atom is -0.466 e. The van der Waals surface area contributed by atoms with Gasteiger partial charge >= 0.3 is 12.0 Å². The molecule has 0 spiro atoms. The highest BCUT2D eigenvalue weighted by Crippen LogP contribution is 2.37. The van der Waals surface area contributed by atoms with Gasteiger partial charge < -0.3 is 29.5 Å². The number of esters is 1. The van der Waals surface area contributed by atoms with Crippen molar-refractivity contribution in [3.63, 3.8) is 0 Å². The number of rotatable bonds is 8. The maximum atomic E-state index is 12.4. The number of hydrogen-bond acceptors (Lipinski definition) is 9. The lowest BCUT2D eigenvalue weighted by atomic mass is 10.0. The Morgan fingerprint density at radius 1 is 1.07 bits per heavy atom. The number of amides is 1. The summed E-state index contributed by atoms with van der Waals surface area (Å²) in [7, 11) is 3.41. The van der Waals surface area contributed by atoms with Crippen LogP contribution in [0.5, 0.6) is 6.01 Å². The number of ether oxygens (including phenoxy) is 2. The van der Waals surface area contributed by atoms with E-state index in [0.29, 0.717) is 31.7 Å². The average Bonchev–Trinajstić information content (AvgIpc) is 3.66. The predicted octanol–water partition coefficient (Wildman–Crippen LogP) is 3.74. The zero-order valence-corrected chi connectivity index (χ0v) is 25.3. The molecule has 11 heteroatoms. The van der Waals surface area contributed by atoms with Crippen LogP contribution in [0.4, 0.5) is 11.5 Å². The number of nitrogens with one attached hydrogen (secondary N) is 1. The van der Waals surface area contributed by atoms with Crippen LogP contribution in [0.1, 0.15) is 30.5 Å². The molecule has 0 bridgehead atoms. The summed E-state index contributed by atoms with van der Waals surface area (Å²) in [5.74, 6) is -0.0137. The maximum Gasteiger partial charge on any atom is 0.330 e. The molecule has 1 N–H and O–H groups in total. The van der Waals surface area contributed by atoms with Crippen molar-refractivity contribution in [2.45, 2.75) is 44.3 Å². The second-order valence-electron chi connectivity index (χ2n) is 11.4. The van der Waals surface area contributed by atoms with Gasteiger partial charge in [0, 0.05) is 60.5 Å². The molecule has 4 heterocycles. The van der Waals surface area contributed by atoms with Gasteiger partial charge in [0.15, 0.2) is 0 Å². The van der Waals surface area contributed by atoms with Crippen molar-refractivity contribution in [2.24, 2.45) is 0 Å². The average molecular weight is 605 g/mol. The lowest BCUT2D eigenvalue weighted by Gasteiger charge is -2.33. The highest BCUT2D eigenvalue weighted by molar-refractivity contribution is 6.36. The van der Waals surface area contributed by atoms with E-state index in [4.69, 9.17) is 26.3 Å². The van der Waals surface area contributed by atoms with Gasteiger partial charge in [-0.05, 0) is 56.8 Å². The van der Waals surface area contributed by atoms with Crippen molar-refractivity contribution in [3.05, 3.63) is 64.8 Å². The van der Waals surface area contributed by atoms with Crippen molar-refractivity contribution in [2.75, 3.05) is 56.7 Å². The largest absolute Gasteiger partial charge is 0.466 e. The van der Waals surface area contributed by atoms with Crippen LogP contribution in [0.2, 0.25) is 5.02 Å². The van der Waals surface area contributed by atoms with E-state index in [1.165, 1.54) is 19.6 Å². The summed E-state index contributed by atoms with van der Waals surface area (Å²) in [6.45, 7) is 4.37. The fourth-order valence-corrected chi connectivity index (χ4v) is 6.63. The van der Waals surface area contributed by atoms with Gasteiger partial charge in [-0.3, -0.25) is 4.79 Å². The molecule has 43 heavy (non-hydrogen) atoms. The van der Waals surface area contributed by atoms with E-state index in [0.717, 1.165) is 83.5 Å². The topological polar surface area (TPSA) is 100 Å². The Balaban J connectivity index is 1.26. The van der Waals surface area contributed by atoms with Gasteiger partial charge in [0.1, 0.15) is 12.4 Å². The number of hydrogen-bond donors (Lipinski definition) is 1. The second kappa shape index (κ2) is 12.8. The first-order valence-electron chi connectivity index (χ1n) is 14.9. The Kier molecular flexibility index (Phi) is 8.67. The maximum absolute atomic E-state index is 12.4. The quantitative estimate of drug-likeness (QED) is 0.304. The first-order chi connectivity index (χ1) is 20.9. The molecule has 1 unspecified atom stereocenters. The van der Waals surface area contributed by atoms with Crippen molar-refractivity contribution < 1.29 is 19.1 Å². The lowest BCUT2D eigenvalue weighted by Crippen LogP contribution is -2.37. The molecule has 0 saturated carbocycles. The summed E-state index contributed by atoms with van der Waals surface area (Å²) < 4.78 is 10.8. The van der Waals surface area contributed by atoms with E-state index in [1.54, 1.807) is 0 Å². The molecular formula is C32H37ClN6O4. The highest BCUT2D eigenvalue weighted by atomic mass is 35.5. The number of benzene rings is 2. The number of likely N-dealkylation sites (tertiary alicyclic amines) is 1. The smallest absolute Gasteiger partial charge is 0.330 e. The van der Waals surface area contributed by atoms with Crippen LogP contribution in [0.25, 0.3) is 10.8 Å². The molecule has 2 fully saturated rings. The van der Waals surface area contributed by atoms with Crippen molar-refractivity contribution in [1.29, 1.82) is 0 Å². The van der Waals surface area contributed by atoms with Crippen LogP contribution in [0, 0.1) is 0 Å². The Bertz CT molecular complexity index is 1540. The summed E-state index contributed by atoms with van der Waals surface area (Å²) in [5.41, 5.74) is 3.15. The molecule has 2 atom stereocenters. The Morgan fingerprint density at radius 3 is 2.70 bits per heavy atom. The van der Waals surface area contributed by atoms with Gasteiger partial charge in [-0.2, -0.15) is 9.97 Å². The van der Waals surface area contributed by atoms with Gasteiger partial charge in [-0.1, -0.05) is 35.9 Å². The van der Waals surface area contributed by atoms with Crippen LogP contribution < -0.4 is 19.9 Å². The summed E-state index contributed by atoms with van der Waals surface area (Å²) >= 11 is 6.69. The number of anilines is 2. The Labute approximate surface area is 256 Å². The lowest BCUT2D eigenvalue weighted by molar-refractivity contribution is -0.135. The first-order valence-corrected chi connectivity index (χ1v) is 15.2. The van der Waals surface area contributed by atoms with Crippen LogP contribution in [-0.4, -0.2) is 85.8 Å². The third-order valence-electron chi connectivity index (χ3n) is 8.68. The van der Waals surface area contributed by atoms with Crippen LogP contribution >= 0.6 is 11.6 Å². The number of fused-ring (bicyclic) bond motifs is 2. The molecule has 3 aromatic rings. The molecule has 226 valence electrons. The molecule has 0 aliphatic carbocycles. The fourth-order valence-electron chi connectivity index (χ4n) is 6.35. The van der Waals surface area contributed by atoms with Crippen molar-refractivity contribution in [1.82, 2.24) is 20.2 Å². The summed E-state index contributed by atoms with van der Waals surface area (Å²) in [6, 6.07) is 12.9. The zero-order chi connectivity index (χ0) is 29.9. The number of carbonyl (C=O) groups is 2. The molecule has 0 radical (unpaired) electrons. The minimum atomic E-state index is -0.563. The fraction of sp³-hybridized carbons (Fsp3) is 0.438. The number of aromatic nitrogens is 2. The van der Waals surface area contributed by atoms with Gasteiger partial charge in [0.2, 0.25) is 5.91 Å². The Hall–Kier alpha value is -3.89. The number of likely N-dealkylation sites (N-methyl/N-ethyl adjacent to an activating group) is 1. The number of methoxy groups -OCH3 is 1. The normalized spacial score (nSPS) is 20.5. The summed E-state index contributed by atoms with van der Waals surface area (Å²) in [5, 5.41) is 5.88. The molecule has 6 rings (SSSR count). The van der Waals surface area contributed by atoms with Gasteiger partial charge in [-0.25, -0.2) is 4.79 Å².